The van der Waals surface area contributed by atoms with Crippen molar-refractivity contribution in [3.8, 4) is 5.88 Å². The molecule has 4 heterocycles. The van der Waals surface area contributed by atoms with Gasteiger partial charge in [0.05, 0.1) is 28.5 Å². The molecule has 2 saturated carbocycles. The van der Waals surface area contributed by atoms with Crippen LogP contribution in [0.15, 0.2) is 48.9 Å². The van der Waals surface area contributed by atoms with Gasteiger partial charge in [-0.1, -0.05) is 31.9 Å². The molecule has 4 aliphatic rings. The SMILES string of the molecule is CCc1nc2ccc(F)cc2nc1O[C@@H]1C[C@H]2C(=O)N[C@]3(C(=O)NS(=O)(=O)C4(C)CC4)CC3/C=C\CCCCC[C@H](NC(=O)c3cnccn3)C(=O)N2C1. The molecule has 1 aromatic carbocycles. The second-order valence-electron chi connectivity index (χ2n) is 14.8. The predicted molar refractivity (Wildman–Crippen MR) is 193 cm³/mol. The Hall–Kier alpha value is -5.06. The van der Waals surface area contributed by atoms with Gasteiger partial charge in [0.2, 0.25) is 27.7 Å². The fourth-order valence-electron chi connectivity index (χ4n) is 7.13. The molecule has 0 spiro atoms. The number of hydrogen-bond donors (Lipinski definition) is 3. The molecule has 286 valence electrons. The third-order valence-electron chi connectivity index (χ3n) is 10.9. The molecule has 4 amide bonds. The first kappa shape index (κ1) is 37.3. The summed E-state index contributed by atoms with van der Waals surface area (Å²) in [6, 6.07) is 1.83. The van der Waals surface area contributed by atoms with Crippen LogP contribution in [0.5, 0.6) is 5.88 Å². The summed E-state index contributed by atoms with van der Waals surface area (Å²) < 4.78 is 47.9. The Labute approximate surface area is 312 Å². The van der Waals surface area contributed by atoms with Crippen molar-refractivity contribution in [1.82, 2.24) is 40.2 Å². The van der Waals surface area contributed by atoms with E-state index in [2.05, 4.69) is 35.3 Å². The Balaban J connectivity index is 1.21. The van der Waals surface area contributed by atoms with Gasteiger partial charge in [0.15, 0.2) is 0 Å². The number of carbonyl (C=O) groups is 4. The zero-order valence-corrected chi connectivity index (χ0v) is 30.9. The molecular weight excluding hydrogens is 720 g/mol. The van der Waals surface area contributed by atoms with E-state index in [0.29, 0.717) is 43.3 Å². The van der Waals surface area contributed by atoms with Crippen LogP contribution in [0.4, 0.5) is 4.39 Å². The van der Waals surface area contributed by atoms with Crippen LogP contribution < -0.4 is 20.1 Å². The van der Waals surface area contributed by atoms with E-state index < -0.39 is 73.9 Å². The number of allylic oxidation sites excluding steroid dienone is 1. The number of benzene rings is 1. The van der Waals surface area contributed by atoms with E-state index in [1.807, 2.05) is 19.1 Å². The van der Waals surface area contributed by atoms with Gasteiger partial charge in [-0.3, -0.25) is 28.9 Å². The minimum atomic E-state index is -4.01. The fraction of sp³-hybridized carbons (Fsp3) is 0.514. The highest BCUT2D eigenvalue weighted by Crippen LogP contribution is 2.47. The highest BCUT2D eigenvalue weighted by molar-refractivity contribution is 7.91. The molecule has 2 aliphatic heterocycles. The summed E-state index contributed by atoms with van der Waals surface area (Å²) in [5, 5.41) is 5.64. The minimum absolute atomic E-state index is 0.0180. The number of aryl methyl sites for hydroxylation is 1. The number of ether oxygens (including phenoxy) is 1. The lowest BCUT2D eigenvalue weighted by atomic mass is 10.0. The molecule has 7 rings (SSSR count). The standard InChI is InChI=1S/C37H43FN8O7S/c1-3-25-33(43-28-17-23(38)11-12-26(28)41-25)53-24-18-30-32(48)44-37(35(50)45-54(51,52)36(2)13-14-36)19-22(37)9-7-5-4-6-8-10-27(34(49)46(30)21-24)42-31(47)29-20-39-15-16-40-29/h7,9,11-12,15-17,20,22,24,27,30H,3-6,8,10,13-14,18-19,21H2,1-2H3,(H,42,47)(H,44,48)(H,45,50)/b9-7-/t22?,24-,27+,30+,37-/m1/s1. The number of nitrogens with one attached hydrogen (secondary N) is 3. The normalized spacial score (nSPS) is 27.4. The molecule has 15 nitrogen and oxygen atoms in total. The molecule has 3 aromatic rings. The highest BCUT2D eigenvalue weighted by atomic mass is 32.2. The van der Waals surface area contributed by atoms with E-state index in [-0.39, 0.29) is 42.9 Å². The Morgan fingerprint density at radius 3 is 2.67 bits per heavy atom. The van der Waals surface area contributed by atoms with E-state index in [9.17, 15) is 32.0 Å². The van der Waals surface area contributed by atoms with Gasteiger partial charge in [0.1, 0.15) is 40.9 Å². The van der Waals surface area contributed by atoms with Crippen molar-refractivity contribution in [2.45, 2.75) is 107 Å². The molecule has 2 aliphatic carbocycles. The second kappa shape index (κ2) is 14.6. The molecule has 1 unspecified atom stereocenters. The Morgan fingerprint density at radius 1 is 1.11 bits per heavy atom. The smallest absolute Gasteiger partial charge is 0.272 e. The molecule has 54 heavy (non-hydrogen) atoms. The van der Waals surface area contributed by atoms with Crippen LogP contribution in [0.3, 0.4) is 0 Å². The molecule has 0 bridgehead atoms. The first-order valence-electron chi connectivity index (χ1n) is 18.4. The van der Waals surface area contributed by atoms with Crippen molar-refractivity contribution >= 4 is 44.7 Å². The van der Waals surface area contributed by atoms with Crippen LogP contribution in [-0.4, -0.2) is 91.9 Å². The van der Waals surface area contributed by atoms with Crippen molar-refractivity contribution in [2.24, 2.45) is 5.92 Å². The van der Waals surface area contributed by atoms with E-state index in [1.165, 1.54) is 41.7 Å². The van der Waals surface area contributed by atoms with E-state index >= 15 is 0 Å². The van der Waals surface area contributed by atoms with E-state index in [1.54, 1.807) is 6.92 Å². The number of fused-ring (bicyclic) bond motifs is 3. The van der Waals surface area contributed by atoms with Crippen LogP contribution in [-0.2, 0) is 30.8 Å². The van der Waals surface area contributed by atoms with Crippen LogP contribution in [0, 0.1) is 11.7 Å². The summed E-state index contributed by atoms with van der Waals surface area (Å²) >= 11 is 0. The monoisotopic (exact) mass is 762 g/mol. The van der Waals surface area contributed by atoms with Crippen molar-refractivity contribution in [3.63, 3.8) is 0 Å². The van der Waals surface area contributed by atoms with Crippen LogP contribution >= 0.6 is 0 Å². The maximum absolute atomic E-state index is 14.5. The summed E-state index contributed by atoms with van der Waals surface area (Å²) in [6.45, 7) is 3.35. The molecule has 3 N–H and O–H groups in total. The predicted octanol–water partition coefficient (Wildman–Crippen LogP) is 2.66. The van der Waals surface area contributed by atoms with E-state index in [4.69, 9.17) is 4.74 Å². The molecule has 3 fully saturated rings. The lowest BCUT2D eigenvalue weighted by molar-refractivity contribution is -0.141. The van der Waals surface area contributed by atoms with Gasteiger partial charge >= 0.3 is 0 Å². The molecule has 5 atom stereocenters. The second-order valence-corrected chi connectivity index (χ2v) is 17.0. The summed E-state index contributed by atoms with van der Waals surface area (Å²) in [7, 11) is -4.01. The van der Waals surface area contributed by atoms with Gasteiger partial charge in [-0.25, -0.2) is 27.8 Å². The van der Waals surface area contributed by atoms with E-state index in [0.717, 1.165) is 12.8 Å². The number of hydrogen-bond acceptors (Lipinski definition) is 11. The van der Waals surface area contributed by atoms with Crippen LogP contribution in [0.2, 0.25) is 0 Å². The summed E-state index contributed by atoms with van der Waals surface area (Å²) in [4.78, 5) is 74.5. The molecular formula is C37H43FN8O7S. The summed E-state index contributed by atoms with van der Waals surface area (Å²) in [5.74, 6) is -3.48. The van der Waals surface area contributed by atoms with Gasteiger partial charge in [-0.05, 0) is 64.0 Å². The van der Waals surface area contributed by atoms with Crippen molar-refractivity contribution in [1.29, 1.82) is 0 Å². The number of amides is 4. The summed E-state index contributed by atoms with van der Waals surface area (Å²) in [6.07, 6.45) is 11.5. The topological polar surface area (TPSA) is 203 Å². The number of aromatic nitrogens is 4. The average molecular weight is 763 g/mol. The van der Waals surface area contributed by atoms with Crippen molar-refractivity contribution in [3.05, 3.63) is 66.1 Å². The van der Waals surface area contributed by atoms with Crippen molar-refractivity contribution < 1.29 is 36.7 Å². The average Bonchev–Trinajstić information content (AvgIpc) is 4.03. The molecule has 2 aromatic heterocycles. The molecule has 0 radical (unpaired) electrons. The van der Waals surface area contributed by atoms with Gasteiger partial charge in [0.25, 0.3) is 11.8 Å². The number of rotatable bonds is 8. The number of nitrogens with zero attached hydrogens (tertiary/aromatic N) is 5. The Bertz CT molecular complexity index is 2120. The first-order valence-corrected chi connectivity index (χ1v) is 19.9. The zero-order chi connectivity index (χ0) is 38.3. The van der Waals surface area contributed by atoms with Gasteiger partial charge in [-0.2, -0.15) is 0 Å². The first-order chi connectivity index (χ1) is 25.8. The Kier molecular flexibility index (Phi) is 10.1. The third-order valence-corrected chi connectivity index (χ3v) is 13.0. The van der Waals surface area contributed by atoms with Crippen LogP contribution in [0.25, 0.3) is 11.0 Å². The van der Waals surface area contributed by atoms with Gasteiger partial charge in [0, 0.05) is 30.8 Å². The number of carbonyl (C=O) groups excluding carboxylic acids is 4. The largest absolute Gasteiger partial charge is 0.471 e. The minimum Gasteiger partial charge on any atom is -0.471 e. The quantitative estimate of drug-likeness (QED) is 0.285. The van der Waals surface area contributed by atoms with Crippen LogP contribution in [0.1, 0.15) is 87.8 Å². The third kappa shape index (κ3) is 7.50. The number of halogens is 1. The van der Waals surface area contributed by atoms with Crippen molar-refractivity contribution in [2.75, 3.05) is 6.54 Å². The van der Waals surface area contributed by atoms with Gasteiger partial charge < -0.3 is 20.3 Å². The van der Waals surface area contributed by atoms with Gasteiger partial charge in [-0.15, -0.1) is 0 Å². The lowest BCUT2D eigenvalue weighted by Gasteiger charge is -2.30. The maximum atomic E-state index is 14.5. The zero-order valence-electron chi connectivity index (χ0n) is 30.1. The molecule has 17 heteroatoms. The maximum Gasteiger partial charge on any atom is 0.272 e. The highest BCUT2D eigenvalue weighted by Gasteiger charge is 2.63. The summed E-state index contributed by atoms with van der Waals surface area (Å²) in [5.41, 5.74) is -0.291. The lowest BCUT2D eigenvalue weighted by Crippen LogP contribution is -2.58. The Morgan fingerprint density at radius 2 is 1.93 bits per heavy atom. The fourth-order valence-corrected chi connectivity index (χ4v) is 8.44. The molecule has 1 saturated heterocycles. The number of sulfonamides is 1.